The molecule has 1 aliphatic rings. The van der Waals surface area contributed by atoms with Gasteiger partial charge in [0.25, 0.3) is 5.91 Å². The summed E-state index contributed by atoms with van der Waals surface area (Å²) in [6, 6.07) is 12.9. The monoisotopic (exact) mass is 392 g/mol. The molecule has 1 aliphatic heterocycles. The Balaban J connectivity index is 1.47. The van der Waals surface area contributed by atoms with E-state index < -0.39 is 5.82 Å². The molecule has 1 amide bonds. The Labute approximate surface area is 169 Å². The molecule has 3 aromatic rings. The van der Waals surface area contributed by atoms with Gasteiger partial charge >= 0.3 is 0 Å². The SMILES string of the molecule is CCCCNC1CN(C(=O)c2cc(Cc3nncc4ccccc34)ccc2F)C1. The fourth-order valence-corrected chi connectivity index (χ4v) is 3.68. The molecule has 0 spiro atoms. The van der Waals surface area contributed by atoms with Gasteiger partial charge in [0.2, 0.25) is 0 Å². The maximum atomic E-state index is 14.4. The minimum absolute atomic E-state index is 0.128. The van der Waals surface area contributed by atoms with Crippen LogP contribution >= 0.6 is 0 Å². The Morgan fingerprint density at radius 2 is 2.07 bits per heavy atom. The van der Waals surface area contributed by atoms with Crippen LogP contribution in [0, 0.1) is 5.82 Å². The summed E-state index contributed by atoms with van der Waals surface area (Å²) >= 11 is 0. The largest absolute Gasteiger partial charge is 0.335 e. The Hall–Kier alpha value is -2.86. The summed E-state index contributed by atoms with van der Waals surface area (Å²) in [5.41, 5.74) is 1.79. The molecule has 0 radical (unpaired) electrons. The number of nitrogens with one attached hydrogen (secondary N) is 1. The molecule has 0 saturated carbocycles. The lowest BCUT2D eigenvalue weighted by Crippen LogP contribution is -2.60. The van der Waals surface area contributed by atoms with Crippen LogP contribution in [0.4, 0.5) is 4.39 Å². The van der Waals surface area contributed by atoms with Crippen LogP contribution in [0.5, 0.6) is 0 Å². The number of nitrogens with zero attached hydrogens (tertiary/aromatic N) is 3. The summed E-state index contributed by atoms with van der Waals surface area (Å²) in [6.45, 7) is 4.36. The van der Waals surface area contributed by atoms with Gasteiger partial charge in [-0.15, -0.1) is 0 Å². The lowest BCUT2D eigenvalue weighted by molar-refractivity contribution is 0.0563. The van der Waals surface area contributed by atoms with E-state index in [0.29, 0.717) is 25.6 Å². The molecule has 0 atom stereocenters. The topological polar surface area (TPSA) is 58.1 Å². The van der Waals surface area contributed by atoms with Gasteiger partial charge in [-0.05, 0) is 30.7 Å². The van der Waals surface area contributed by atoms with Crippen molar-refractivity contribution in [1.29, 1.82) is 0 Å². The highest BCUT2D eigenvalue weighted by Gasteiger charge is 2.31. The number of hydrogen-bond donors (Lipinski definition) is 1. The third-order valence-electron chi connectivity index (χ3n) is 5.41. The fourth-order valence-electron chi connectivity index (χ4n) is 3.68. The van der Waals surface area contributed by atoms with E-state index in [9.17, 15) is 9.18 Å². The predicted octanol–water partition coefficient (Wildman–Crippen LogP) is 3.57. The first kappa shape index (κ1) is 19.5. The van der Waals surface area contributed by atoms with Gasteiger partial charge in [-0.2, -0.15) is 10.2 Å². The third-order valence-corrected chi connectivity index (χ3v) is 5.41. The number of fused-ring (bicyclic) bond motifs is 1. The number of benzene rings is 2. The Bertz CT molecular complexity index is 1010. The van der Waals surface area contributed by atoms with Crippen LogP contribution in [0.2, 0.25) is 0 Å². The zero-order valence-electron chi connectivity index (χ0n) is 16.6. The first-order valence-corrected chi connectivity index (χ1v) is 10.2. The van der Waals surface area contributed by atoms with Crippen molar-refractivity contribution in [3.63, 3.8) is 0 Å². The molecule has 0 unspecified atom stereocenters. The third kappa shape index (κ3) is 4.27. The number of likely N-dealkylation sites (tertiary alicyclic amines) is 1. The highest BCUT2D eigenvalue weighted by atomic mass is 19.1. The van der Waals surface area contributed by atoms with Gasteiger partial charge < -0.3 is 10.2 Å². The average molecular weight is 392 g/mol. The maximum Gasteiger partial charge on any atom is 0.256 e. The first-order chi connectivity index (χ1) is 14.2. The van der Waals surface area contributed by atoms with Gasteiger partial charge in [0.1, 0.15) is 5.82 Å². The van der Waals surface area contributed by atoms with E-state index in [1.807, 2.05) is 24.3 Å². The van der Waals surface area contributed by atoms with Crippen molar-refractivity contribution in [2.75, 3.05) is 19.6 Å². The van der Waals surface area contributed by atoms with E-state index in [1.54, 1.807) is 23.2 Å². The van der Waals surface area contributed by atoms with Crippen molar-refractivity contribution in [3.8, 4) is 0 Å². The predicted molar refractivity (Wildman–Crippen MR) is 111 cm³/mol. The lowest BCUT2D eigenvalue weighted by atomic mass is 10.0. The van der Waals surface area contributed by atoms with Crippen molar-refractivity contribution >= 4 is 16.7 Å². The number of rotatable bonds is 7. The second-order valence-electron chi connectivity index (χ2n) is 7.58. The summed E-state index contributed by atoms with van der Waals surface area (Å²) in [5, 5.41) is 13.8. The number of halogens is 1. The molecule has 4 rings (SSSR count). The summed E-state index contributed by atoms with van der Waals surface area (Å²) in [7, 11) is 0. The minimum atomic E-state index is -0.481. The molecule has 5 nitrogen and oxygen atoms in total. The van der Waals surface area contributed by atoms with Crippen LogP contribution in [0.25, 0.3) is 10.8 Å². The van der Waals surface area contributed by atoms with E-state index in [4.69, 9.17) is 0 Å². The van der Waals surface area contributed by atoms with Crippen LogP contribution < -0.4 is 5.32 Å². The Morgan fingerprint density at radius 3 is 2.90 bits per heavy atom. The highest BCUT2D eigenvalue weighted by Crippen LogP contribution is 2.22. The molecule has 2 heterocycles. The van der Waals surface area contributed by atoms with E-state index in [2.05, 4.69) is 22.4 Å². The Kier molecular flexibility index (Phi) is 5.81. The second-order valence-corrected chi connectivity index (χ2v) is 7.58. The molecular formula is C23H25FN4O. The zero-order chi connectivity index (χ0) is 20.2. The lowest BCUT2D eigenvalue weighted by Gasteiger charge is -2.40. The smallest absolute Gasteiger partial charge is 0.256 e. The van der Waals surface area contributed by atoms with Crippen LogP contribution in [0.1, 0.15) is 41.4 Å². The molecule has 2 aromatic carbocycles. The molecular weight excluding hydrogens is 367 g/mol. The molecule has 29 heavy (non-hydrogen) atoms. The van der Waals surface area contributed by atoms with E-state index in [-0.39, 0.29) is 11.5 Å². The van der Waals surface area contributed by atoms with E-state index >= 15 is 0 Å². The van der Waals surface area contributed by atoms with Crippen LogP contribution in [0.3, 0.4) is 0 Å². The van der Waals surface area contributed by atoms with Crippen molar-refractivity contribution in [2.45, 2.75) is 32.2 Å². The van der Waals surface area contributed by atoms with Crippen LogP contribution in [-0.2, 0) is 6.42 Å². The van der Waals surface area contributed by atoms with Gasteiger partial charge in [0.15, 0.2) is 0 Å². The number of aromatic nitrogens is 2. The molecule has 0 bridgehead atoms. The number of carbonyl (C=O) groups is 1. The van der Waals surface area contributed by atoms with Crippen molar-refractivity contribution < 1.29 is 9.18 Å². The number of carbonyl (C=O) groups excluding carboxylic acids is 1. The second kappa shape index (κ2) is 8.66. The van der Waals surface area contributed by atoms with Crippen LogP contribution in [-0.4, -0.2) is 46.7 Å². The maximum absolute atomic E-state index is 14.4. The highest BCUT2D eigenvalue weighted by molar-refractivity contribution is 5.95. The van der Waals surface area contributed by atoms with Gasteiger partial charge in [-0.3, -0.25) is 4.79 Å². The van der Waals surface area contributed by atoms with E-state index in [1.165, 1.54) is 6.07 Å². The van der Waals surface area contributed by atoms with Crippen molar-refractivity contribution in [2.24, 2.45) is 0 Å². The average Bonchev–Trinajstić information content (AvgIpc) is 2.71. The number of amides is 1. The molecule has 1 N–H and O–H groups in total. The minimum Gasteiger partial charge on any atom is -0.335 e. The Morgan fingerprint density at radius 1 is 1.24 bits per heavy atom. The zero-order valence-corrected chi connectivity index (χ0v) is 16.6. The molecule has 1 aromatic heterocycles. The molecule has 1 saturated heterocycles. The van der Waals surface area contributed by atoms with Gasteiger partial charge in [0, 0.05) is 36.3 Å². The van der Waals surface area contributed by atoms with Crippen molar-refractivity contribution in [3.05, 3.63) is 71.3 Å². The molecule has 1 fully saturated rings. The number of hydrogen-bond acceptors (Lipinski definition) is 4. The summed E-state index contributed by atoms with van der Waals surface area (Å²) in [5.74, 6) is -0.730. The molecule has 6 heteroatoms. The van der Waals surface area contributed by atoms with Crippen LogP contribution in [0.15, 0.2) is 48.7 Å². The summed E-state index contributed by atoms with van der Waals surface area (Å²) < 4.78 is 14.4. The molecule has 0 aliphatic carbocycles. The fraction of sp³-hybridized carbons (Fsp3) is 0.348. The number of unbranched alkanes of at least 4 members (excludes halogenated alkanes) is 1. The van der Waals surface area contributed by atoms with Gasteiger partial charge in [0.05, 0.1) is 17.5 Å². The quantitative estimate of drug-likeness (QED) is 0.625. The first-order valence-electron chi connectivity index (χ1n) is 10.2. The van der Waals surface area contributed by atoms with Gasteiger partial charge in [-0.1, -0.05) is 43.7 Å². The van der Waals surface area contributed by atoms with E-state index in [0.717, 1.165) is 41.4 Å². The summed E-state index contributed by atoms with van der Waals surface area (Å²) in [6.07, 6.45) is 4.49. The molecule has 150 valence electrons. The normalized spacial score (nSPS) is 14.2. The standard InChI is InChI=1S/C23H25FN4O/c1-2-3-10-25-18-14-28(15-18)23(29)20-11-16(8-9-21(20)24)12-22-19-7-5-4-6-17(19)13-26-27-22/h4-9,11,13,18,25H,2-3,10,12,14-15H2,1H3. The van der Waals surface area contributed by atoms with Crippen molar-refractivity contribution in [1.82, 2.24) is 20.4 Å². The summed E-state index contributed by atoms with van der Waals surface area (Å²) in [4.78, 5) is 14.5. The van der Waals surface area contributed by atoms with Gasteiger partial charge in [-0.25, -0.2) is 4.39 Å².